The maximum absolute atomic E-state index is 13.0. The number of halogens is 6. The summed E-state index contributed by atoms with van der Waals surface area (Å²) in [5.74, 6) is -0.625. The lowest BCUT2D eigenvalue weighted by molar-refractivity contribution is -0.137. The molecule has 1 nitrogen and oxygen atoms in total. The molecule has 2 atom stereocenters. The van der Waals surface area contributed by atoms with Crippen molar-refractivity contribution in [2.24, 2.45) is 0 Å². The Hall–Kier alpha value is -0.840. The van der Waals surface area contributed by atoms with Crippen molar-refractivity contribution in [2.75, 3.05) is 19.0 Å². The van der Waals surface area contributed by atoms with Crippen LogP contribution in [0.3, 0.4) is 0 Å². The van der Waals surface area contributed by atoms with Crippen LogP contribution in [0.2, 0.25) is 0 Å². The third-order valence-corrected chi connectivity index (χ3v) is 4.68. The Labute approximate surface area is 141 Å². The molecule has 0 aliphatic heterocycles. The van der Waals surface area contributed by atoms with E-state index in [1.54, 1.807) is 31.1 Å². The summed E-state index contributed by atoms with van der Waals surface area (Å²) in [4.78, 5) is 1.72. The van der Waals surface area contributed by atoms with Crippen molar-refractivity contribution < 1.29 is 13.2 Å². The average molecular weight is 371 g/mol. The summed E-state index contributed by atoms with van der Waals surface area (Å²) in [7, 11) is 3.49. The highest BCUT2D eigenvalue weighted by Crippen LogP contribution is 2.45. The van der Waals surface area contributed by atoms with Crippen LogP contribution in [0.1, 0.15) is 17.0 Å². The molecule has 0 heterocycles. The van der Waals surface area contributed by atoms with Crippen molar-refractivity contribution in [1.82, 2.24) is 0 Å². The van der Waals surface area contributed by atoms with Crippen molar-refractivity contribution in [3.63, 3.8) is 0 Å². The smallest absolute Gasteiger partial charge is 0.377 e. The van der Waals surface area contributed by atoms with Gasteiger partial charge in [-0.15, -0.1) is 11.6 Å². The van der Waals surface area contributed by atoms with Crippen LogP contribution in [0.15, 0.2) is 40.4 Å². The SMILES string of the molecule is CN(C)c1ccc(C(F)(F)F)cc1C1C(Cl)=C(Cl)C=CC1Cl. The van der Waals surface area contributed by atoms with Gasteiger partial charge in [-0.25, -0.2) is 0 Å². The number of hydrogen-bond acceptors (Lipinski definition) is 1. The van der Waals surface area contributed by atoms with Crippen molar-refractivity contribution in [3.8, 4) is 0 Å². The van der Waals surface area contributed by atoms with Crippen molar-refractivity contribution in [1.29, 1.82) is 0 Å². The molecular formula is C15H13Cl3F3N. The van der Waals surface area contributed by atoms with Gasteiger partial charge in [0, 0.05) is 30.7 Å². The lowest BCUT2D eigenvalue weighted by atomic mass is 9.89. The highest BCUT2D eigenvalue weighted by molar-refractivity contribution is 6.41. The minimum absolute atomic E-state index is 0.242. The molecule has 0 fully saturated rings. The third-order valence-electron chi connectivity index (χ3n) is 3.42. The van der Waals surface area contributed by atoms with Crippen LogP contribution in [0.5, 0.6) is 0 Å². The lowest BCUT2D eigenvalue weighted by Gasteiger charge is -2.29. The Bertz CT molecular complexity index is 635. The molecule has 0 spiro atoms. The molecule has 7 heteroatoms. The summed E-state index contributed by atoms with van der Waals surface area (Å²) in [5, 5.41) is -0.0468. The first-order valence-corrected chi connectivity index (χ1v) is 7.58. The highest BCUT2D eigenvalue weighted by atomic mass is 35.5. The molecule has 1 aliphatic carbocycles. The van der Waals surface area contributed by atoms with Gasteiger partial charge in [0.2, 0.25) is 0 Å². The molecule has 120 valence electrons. The minimum Gasteiger partial charge on any atom is -0.377 e. The quantitative estimate of drug-likeness (QED) is 0.602. The number of allylic oxidation sites excluding steroid dienone is 4. The van der Waals surface area contributed by atoms with Crippen LogP contribution in [-0.2, 0) is 6.18 Å². The van der Waals surface area contributed by atoms with Gasteiger partial charge >= 0.3 is 6.18 Å². The molecule has 0 saturated heterocycles. The van der Waals surface area contributed by atoms with E-state index < -0.39 is 23.0 Å². The predicted octanol–water partition coefficient (Wildman–Crippen LogP) is 5.72. The van der Waals surface area contributed by atoms with Crippen LogP contribution >= 0.6 is 34.8 Å². The Kier molecular flexibility index (Phi) is 5.05. The zero-order chi connectivity index (χ0) is 16.7. The van der Waals surface area contributed by atoms with Gasteiger partial charge in [-0.1, -0.05) is 29.3 Å². The van der Waals surface area contributed by atoms with E-state index in [-0.39, 0.29) is 10.1 Å². The molecule has 0 aromatic heterocycles. The fourth-order valence-corrected chi connectivity index (χ4v) is 3.26. The van der Waals surface area contributed by atoms with Crippen molar-refractivity contribution in [3.05, 3.63) is 51.5 Å². The number of anilines is 1. The van der Waals surface area contributed by atoms with Crippen LogP contribution in [0, 0.1) is 0 Å². The molecule has 2 rings (SSSR count). The standard InChI is InChI=1S/C15H13Cl3F3N/c1-22(2)12-6-3-8(15(19,20)21)7-9(12)13-10(16)4-5-11(17)14(13)18/h3-7,10,13H,1-2H3. The fraction of sp³-hybridized carbons (Fsp3) is 0.333. The fourth-order valence-electron chi connectivity index (χ4n) is 2.35. The van der Waals surface area contributed by atoms with Gasteiger partial charge < -0.3 is 4.90 Å². The summed E-state index contributed by atoms with van der Waals surface area (Å²) in [6.07, 6.45) is -1.26. The maximum atomic E-state index is 13.0. The number of alkyl halides is 4. The van der Waals surface area contributed by atoms with Crippen molar-refractivity contribution in [2.45, 2.75) is 17.5 Å². The van der Waals surface area contributed by atoms with E-state index >= 15 is 0 Å². The summed E-state index contributed by atoms with van der Waals surface area (Å²) >= 11 is 18.5. The molecule has 2 unspecified atom stereocenters. The molecule has 1 aliphatic rings. The molecular weight excluding hydrogens is 358 g/mol. The number of benzene rings is 1. The number of rotatable bonds is 2. The predicted molar refractivity (Wildman–Crippen MR) is 86.0 cm³/mol. The van der Waals surface area contributed by atoms with E-state index in [1.807, 2.05) is 0 Å². The van der Waals surface area contributed by atoms with Crippen LogP contribution in [0.4, 0.5) is 18.9 Å². The average Bonchev–Trinajstić information content (AvgIpc) is 2.42. The zero-order valence-corrected chi connectivity index (χ0v) is 14.0. The molecule has 0 bridgehead atoms. The van der Waals surface area contributed by atoms with Gasteiger partial charge in [0.15, 0.2) is 0 Å². The largest absolute Gasteiger partial charge is 0.416 e. The van der Waals surface area contributed by atoms with E-state index in [0.29, 0.717) is 11.3 Å². The van der Waals surface area contributed by atoms with Crippen LogP contribution < -0.4 is 4.90 Å². The van der Waals surface area contributed by atoms with Crippen molar-refractivity contribution >= 4 is 40.5 Å². The van der Waals surface area contributed by atoms with E-state index in [2.05, 4.69) is 0 Å². The summed E-state index contributed by atoms with van der Waals surface area (Å²) in [5.41, 5.74) is 0.265. The second-order valence-electron chi connectivity index (χ2n) is 5.14. The zero-order valence-electron chi connectivity index (χ0n) is 11.8. The van der Waals surface area contributed by atoms with Gasteiger partial charge in [-0.3, -0.25) is 0 Å². The summed E-state index contributed by atoms with van der Waals surface area (Å²) < 4.78 is 39.0. The third kappa shape index (κ3) is 3.39. The van der Waals surface area contributed by atoms with E-state index in [1.165, 1.54) is 6.07 Å². The molecule has 0 amide bonds. The maximum Gasteiger partial charge on any atom is 0.416 e. The Morgan fingerprint density at radius 1 is 1.14 bits per heavy atom. The molecule has 1 aromatic carbocycles. The topological polar surface area (TPSA) is 3.24 Å². The summed E-state index contributed by atoms with van der Waals surface area (Å²) in [6.45, 7) is 0. The molecule has 0 radical (unpaired) electrons. The second-order valence-corrected chi connectivity index (χ2v) is 6.46. The minimum atomic E-state index is -4.44. The monoisotopic (exact) mass is 369 g/mol. The Morgan fingerprint density at radius 2 is 1.77 bits per heavy atom. The Balaban J connectivity index is 2.64. The first-order chi connectivity index (χ1) is 10.1. The van der Waals surface area contributed by atoms with Gasteiger partial charge in [0.1, 0.15) is 0 Å². The van der Waals surface area contributed by atoms with Crippen LogP contribution in [0.25, 0.3) is 0 Å². The van der Waals surface area contributed by atoms with E-state index in [0.717, 1.165) is 12.1 Å². The Morgan fingerprint density at radius 3 is 2.32 bits per heavy atom. The molecule has 1 aromatic rings. The van der Waals surface area contributed by atoms with Gasteiger partial charge in [-0.05, 0) is 29.8 Å². The van der Waals surface area contributed by atoms with Gasteiger partial charge in [0.05, 0.1) is 16.0 Å². The normalized spacial score (nSPS) is 22.2. The molecule has 0 saturated carbocycles. The number of nitrogens with zero attached hydrogens (tertiary/aromatic N) is 1. The van der Waals surface area contributed by atoms with Crippen LogP contribution in [-0.4, -0.2) is 19.5 Å². The second kappa shape index (κ2) is 6.34. The first kappa shape index (κ1) is 17.5. The number of hydrogen-bond donors (Lipinski definition) is 0. The van der Waals surface area contributed by atoms with E-state index in [9.17, 15) is 13.2 Å². The first-order valence-electron chi connectivity index (χ1n) is 6.39. The van der Waals surface area contributed by atoms with Gasteiger partial charge in [-0.2, -0.15) is 13.2 Å². The molecule has 0 N–H and O–H groups in total. The van der Waals surface area contributed by atoms with E-state index in [4.69, 9.17) is 34.8 Å². The lowest BCUT2D eigenvalue weighted by Crippen LogP contribution is -2.20. The summed E-state index contributed by atoms with van der Waals surface area (Å²) in [6, 6.07) is 3.54. The highest BCUT2D eigenvalue weighted by Gasteiger charge is 2.35. The molecule has 22 heavy (non-hydrogen) atoms. The van der Waals surface area contributed by atoms with Gasteiger partial charge in [0.25, 0.3) is 0 Å².